The van der Waals surface area contributed by atoms with Gasteiger partial charge in [-0.15, -0.1) is 0 Å². The van der Waals surface area contributed by atoms with Crippen LogP contribution in [0.2, 0.25) is 5.02 Å². The molecule has 0 amide bonds. The number of hydrazine groups is 1. The molecule has 0 spiro atoms. The van der Waals surface area contributed by atoms with Gasteiger partial charge in [-0.25, -0.2) is 4.99 Å². The highest BCUT2D eigenvalue weighted by Gasteiger charge is 2.36. The molecule has 0 fully saturated rings. The summed E-state index contributed by atoms with van der Waals surface area (Å²) in [5, 5.41) is 19.2. The Kier molecular flexibility index (Phi) is 5.67. The van der Waals surface area contributed by atoms with E-state index in [-0.39, 0.29) is 18.8 Å². The predicted octanol–water partition coefficient (Wildman–Crippen LogP) is 3.16. The molecule has 0 radical (unpaired) electrons. The molecule has 4 rings (SSSR count). The van der Waals surface area contributed by atoms with Crippen LogP contribution < -0.4 is 10.5 Å². The molecule has 2 aliphatic heterocycles. The van der Waals surface area contributed by atoms with Gasteiger partial charge in [0, 0.05) is 18.0 Å². The van der Waals surface area contributed by atoms with Crippen LogP contribution in [0.15, 0.2) is 39.8 Å². The lowest BCUT2D eigenvalue weighted by Crippen LogP contribution is -2.45. The third-order valence-electron chi connectivity index (χ3n) is 4.97. The Hall–Kier alpha value is -1.91. The first-order chi connectivity index (χ1) is 14.0. The van der Waals surface area contributed by atoms with E-state index in [1.54, 1.807) is 10.9 Å². The second-order valence-corrected chi connectivity index (χ2v) is 7.86. The molecule has 0 saturated carbocycles. The van der Waals surface area contributed by atoms with Crippen LogP contribution in [0.25, 0.3) is 10.9 Å². The van der Waals surface area contributed by atoms with Gasteiger partial charge in [-0.2, -0.15) is 10.1 Å². The predicted molar refractivity (Wildman–Crippen MR) is 116 cm³/mol. The van der Waals surface area contributed by atoms with E-state index in [1.807, 2.05) is 48.3 Å². The standard InChI is InChI=1S/C19H22BrClN6O2/c1-3-29-18-12(9-13(21)16-17(18)24-25(7-8-28)19(16)20)11(2)27-14(22)10-15-23-5-4-6-26(15)27/h4-6,9-11,14,28H,3,7-8,22H2,1-2H3. The van der Waals surface area contributed by atoms with Gasteiger partial charge in [-0.1, -0.05) is 11.6 Å². The van der Waals surface area contributed by atoms with Gasteiger partial charge in [0.05, 0.1) is 42.4 Å². The minimum absolute atomic E-state index is 0.0314. The molecular weight excluding hydrogens is 460 g/mol. The van der Waals surface area contributed by atoms with Crippen molar-refractivity contribution in [2.45, 2.75) is 32.6 Å². The number of halogens is 2. The van der Waals surface area contributed by atoms with E-state index in [0.717, 1.165) is 16.8 Å². The molecule has 154 valence electrons. The monoisotopic (exact) mass is 480 g/mol. The smallest absolute Gasteiger partial charge is 0.152 e. The van der Waals surface area contributed by atoms with Crippen LogP contribution in [0.4, 0.5) is 0 Å². The number of nitrogens with two attached hydrogens (primary N) is 1. The highest BCUT2D eigenvalue weighted by atomic mass is 79.9. The summed E-state index contributed by atoms with van der Waals surface area (Å²) in [5.41, 5.74) is 7.91. The maximum Gasteiger partial charge on any atom is 0.152 e. The van der Waals surface area contributed by atoms with E-state index in [1.165, 1.54) is 0 Å². The summed E-state index contributed by atoms with van der Waals surface area (Å²) in [6, 6.07) is 1.73. The fraction of sp³-hybridized carbons (Fsp3) is 0.368. The van der Waals surface area contributed by atoms with Crippen molar-refractivity contribution in [2.24, 2.45) is 10.7 Å². The normalized spacial score (nSPS) is 19.7. The Morgan fingerprint density at radius 1 is 1.45 bits per heavy atom. The molecule has 3 heterocycles. The number of aliphatic imine (C=N–C) groups is 1. The molecule has 10 heteroatoms. The average Bonchev–Trinajstić information content (AvgIpc) is 3.20. The Bertz CT molecular complexity index is 1030. The van der Waals surface area contributed by atoms with Crippen LogP contribution in [0.1, 0.15) is 25.5 Å². The molecule has 2 aliphatic rings. The highest BCUT2D eigenvalue weighted by Crippen LogP contribution is 2.44. The van der Waals surface area contributed by atoms with Gasteiger partial charge < -0.3 is 15.6 Å². The summed E-state index contributed by atoms with van der Waals surface area (Å²) in [6.45, 7) is 4.77. The molecule has 1 aromatic heterocycles. The Labute approximate surface area is 182 Å². The summed E-state index contributed by atoms with van der Waals surface area (Å²) in [6.07, 6.45) is 7.09. The van der Waals surface area contributed by atoms with Crippen molar-refractivity contribution in [2.75, 3.05) is 13.2 Å². The fourth-order valence-electron chi connectivity index (χ4n) is 3.72. The Balaban J connectivity index is 1.84. The van der Waals surface area contributed by atoms with Crippen LogP contribution in [0, 0.1) is 0 Å². The van der Waals surface area contributed by atoms with Crippen LogP contribution in [0.3, 0.4) is 0 Å². The number of aliphatic hydroxyl groups is 1. The molecule has 0 bridgehead atoms. The highest BCUT2D eigenvalue weighted by molar-refractivity contribution is 9.10. The van der Waals surface area contributed by atoms with Crippen molar-refractivity contribution in [1.29, 1.82) is 0 Å². The van der Waals surface area contributed by atoms with Gasteiger partial charge in [0.1, 0.15) is 15.9 Å². The van der Waals surface area contributed by atoms with E-state index >= 15 is 0 Å². The second-order valence-electron chi connectivity index (χ2n) is 6.71. The molecule has 1 aromatic carbocycles. The van der Waals surface area contributed by atoms with Crippen molar-refractivity contribution in [3.8, 4) is 5.75 Å². The van der Waals surface area contributed by atoms with Gasteiger partial charge >= 0.3 is 0 Å². The number of nitrogens with zero attached hydrogens (tertiary/aromatic N) is 5. The van der Waals surface area contributed by atoms with Crippen molar-refractivity contribution in [1.82, 2.24) is 19.8 Å². The fourth-order valence-corrected chi connectivity index (χ4v) is 4.79. The van der Waals surface area contributed by atoms with Crippen LogP contribution in [0.5, 0.6) is 5.75 Å². The van der Waals surface area contributed by atoms with E-state index < -0.39 is 0 Å². The van der Waals surface area contributed by atoms with Crippen LogP contribution in [-0.4, -0.2) is 50.5 Å². The summed E-state index contributed by atoms with van der Waals surface area (Å²) in [7, 11) is 0. The number of hydrogen-bond acceptors (Lipinski definition) is 7. The van der Waals surface area contributed by atoms with E-state index in [2.05, 4.69) is 26.0 Å². The summed E-state index contributed by atoms with van der Waals surface area (Å²) >= 11 is 10.2. The van der Waals surface area contributed by atoms with Crippen molar-refractivity contribution in [3.05, 3.63) is 45.4 Å². The van der Waals surface area contributed by atoms with Crippen LogP contribution >= 0.6 is 27.5 Å². The zero-order valence-electron chi connectivity index (χ0n) is 16.1. The number of aliphatic hydroxyl groups excluding tert-OH is 1. The van der Waals surface area contributed by atoms with Gasteiger partial charge in [0.15, 0.2) is 5.75 Å². The number of ether oxygens (including phenoxy) is 1. The Morgan fingerprint density at radius 3 is 2.97 bits per heavy atom. The average molecular weight is 482 g/mol. The summed E-state index contributed by atoms with van der Waals surface area (Å²) in [5.74, 6) is 1.44. The quantitative estimate of drug-likeness (QED) is 0.658. The third kappa shape index (κ3) is 3.36. The van der Waals surface area contributed by atoms with Gasteiger partial charge in [0.25, 0.3) is 0 Å². The Morgan fingerprint density at radius 2 is 2.24 bits per heavy atom. The molecular formula is C19H22BrClN6O2. The second kappa shape index (κ2) is 8.08. The number of rotatable bonds is 6. The van der Waals surface area contributed by atoms with Crippen LogP contribution in [-0.2, 0) is 6.54 Å². The lowest BCUT2D eigenvalue weighted by molar-refractivity contribution is 0.00812. The van der Waals surface area contributed by atoms with E-state index in [4.69, 9.17) is 22.1 Å². The molecule has 3 N–H and O–H groups in total. The third-order valence-corrected chi connectivity index (χ3v) is 6.07. The van der Waals surface area contributed by atoms with E-state index in [9.17, 15) is 5.11 Å². The van der Waals surface area contributed by atoms with Crippen molar-refractivity contribution in [3.63, 3.8) is 0 Å². The van der Waals surface area contributed by atoms with Gasteiger partial charge in [0.2, 0.25) is 0 Å². The lowest BCUT2D eigenvalue weighted by atomic mass is 10.0. The molecule has 29 heavy (non-hydrogen) atoms. The summed E-state index contributed by atoms with van der Waals surface area (Å²) in [4.78, 5) is 4.38. The maximum atomic E-state index is 9.34. The van der Waals surface area contributed by atoms with Gasteiger partial charge in [-0.3, -0.25) is 9.69 Å². The number of aromatic nitrogens is 2. The first-order valence-electron chi connectivity index (χ1n) is 9.35. The first-order valence-corrected chi connectivity index (χ1v) is 10.5. The SMILES string of the molecule is CCOc1c(C(C)N2C(N)C=C3N=CC=CN32)cc(Cl)c2c(Br)n(CCO)nc12. The topological polar surface area (TPSA) is 92.1 Å². The molecule has 0 saturated heterocycles. The van der Waals surface area contributed by atoms with E-state index in [0.29, 0.717) is 34.0 Å². The molecule has 0 aliphatic carbocycles. The number of allylic oxidation sites excluding steroid dienone is 1. The minimum Gasteiger partial charge on any atom is -0.491 e. The number of hydrogen-bond donors (Lipinski definition) is 2. The largest absolute Gasteiger partial charge is 0.491 e. The lowest BCUT2D eigenvalue weighted by Gasteiger charge is -2.37. The van der Waals surface area contributed by atoms with Crippen molar-refractivity contribution < 1.29 is 9.84 Å². The zero-order chi connectivity index (χ0) is 20.7. The molecule has 8 nitrogen and oxygen atoms in total. The minimum atomic E-state index is -0.345. The molecule has 2 atom stereocenters. The summed E-state index contributed by atoms with van der Waals surface area (Å²) < 4.78 is 8.42. The first kappa shape index (κ1) is 20.4. The number of benzene rings is 1. The zero-order valence-corrected chi connectivity index (χ0v) is 18.4. The van der Waals surface area contributed by atoms with Crippen molar-refractivity contribution >= 4 is 44.6 Å². The van der Waals surface area contributed by atoms with Gasteiger partial charge in [-0.05, 0) is 48.0 Å². The molecule has 2 aromatic rings. The maximum absolute atomic E-state index is 9.34. The number of fused-ring (bicyclic) bond motifs is 2. The molecule has 2 unspecified atom stereocenters.